The monoisotopic (exact) mass is 226 g/mol. The summed E-state index contributed by atoms with van der Waals surface area (Å²) in [5.41, 5.74) is 1.92. The van der Waals surface area contributed by atoms with Crippen molar-refractivity contribution in [3.8, 4) is 0 Å². The zero-order chi connectivity index (χ0) is 10.8. The Morgan fingerprint density at radius 2 is 2.53 bits per heavy atom. The lowest BCUT2D eigenvalue weighted by Gasteiger charge is -2.18. The Labute approximate surface area is 92.7 Å². The fraction of sp³-hybridized carbons (Fsp3) is 0.545. The van der Waals surface area contributed by atoms with Gasteiger partial charge < -0.3 is 9.84 Å². The van der Waals surface area contributed by atoms with Crippen LogP contribution in [-0.2, 0) is 11.2 Å². The van der Waals surface area contributed by atoms with E-state index in [1.807, 2.05) is 5.38 Å². The van der Waals surface area contributed by atoms with Gasteiger partial charge >= 0.3 is 5.97 Å². The van der Waals surface area contributed by atoms with Crippen LogP contribution in [-0.4, -0.2) is 17.7 Å². The molecule has 1 aromatic heterocycles. The van der Waals surface area contributed by atoms with Crippen molar-refractivity contribution in [1.82, 2.24) is 0 Å². The maximum Gasteiger partial charge on any atom is 0.348 e. The van der Waals surface area contributed by atoms with Gasteiger partial charge in [-0.05, 0) is 42.7 Å². The third-order valence-electron chi connectivity index (χ3n) is 2.65. The lowest BCUT2D eigenvalue weighted by Crippen LogP contribution is -2.11. The predicted molar refractivity (Wildman–Crippen MR) is 58.2 cm³/mol. The van der Waals surface area contributed by atoms with Gasteiger partial charge in [0, 0.05) is 0 Å². The number of thiophene rings is 1. The molecule has 0 fully saturated rings. The summed E-state index contributed by atoms with van der Waals surface area (Å²) in [5.74, 6) is -0.252. The molecule has 1 aliphatic carbocycles. The van der Waals surface area contributed by atoms with Gasteiger partial charge in [0.2, 0.25) is 0 Å². The van der Waals surface area contributed by atoms with E-state index in [-0.39, 0.29) is 5.97 Å². The van der Waals surface area contributed by atoms with Gasteiger partial charge in [0.05, 0.1) is 12.7 Å². The molecule has 15 heavy (non-hydrogen) atoms. The molecule has 82 valence electrons. The lowest BCUT2D eigenvalue weighted by molar-refractivity contribution is 0.0530. The highest BCUT2D eigenvalue weighted by Crippen LogP contribution is 2.35. The van der Waals surface area contributed by atoms with Gasteiger partial charge in [0.15, 0.2) is 0 Å². The minimum Gasteiger partial charge on any atom is -0.462 e. The topological polar surface area (TPSA) is 46.5 Å². The summed E-state index contributed by atoms with van der Waals surface area (Å²) in [6.45, 7) is 2.20. The number of ether oxygens (including phenoxy) is 1. The van der Waals surface area contributed by atoms with Gasteiger partial charge in [0.1, 0.15) is 4.88 Å². The summed E-state index contributed by atoms with van der Waals surface area (Å²) >= 11 is 1.38. The molecule has 2 rings (SSSR count). The molecule has 1 N–H and O–H groups in total. The molecule has 0 aliphatic heterocycles. The molecular formula is C11H14O3S. The second kappa shape index (κ2) is 4.33. The Balaban J connectivity index is 2.30. The Morgan fingerprint density at radius 1 is 1.73 bits per heavy atom. The highest BCUT2D eigenvalue weighted by molar-refractivity contribution is 7.12. The van der Waals surface area contributed by atoms with Crippen LogP contribution in [0.1, 0.15) is 46.7 Å². The van der Waals surface area contributed by atoms with Crippen LogP contribution in [0.3, 0.4) is 0 Å². The summed E-state index contributed by atoms with van der Waals surface area (Å²) < 4.78 is 4.98. The first-order valence-electron chi connectivity index (χ1n) is 5.19. The average molecular weight is 226 g/mol. The van der Waals surface area contributed by atoms with E-state index in [1.165, 1.54) is 11.3 Å². The highest BCUT2D eigenvalue weighted by Gasteiger charge is 2.25. The molecule has 0 radical (unpaired) electrons. The normalized spacial score (nSPS) is 19.7. The zero-order valence-corrected chi connectivity index (χ0v) is 9.47. The number of aliphatic hydroxyl groups excluding tert-OH is 1. The van der Waals surface area contributed by atoms with Crippen molar-refractivity contribution >= 4 is 17.3 Å². The molecule has 4 heteroatoms. The van der Waals surface area contributed by atoms with Gasteiger partial charge in [-0.1, -0.05) is 0 Å². The molecule has 3 nitrogen and oxygen atoms in total. The molecule has 0 amide bonds. The molecule has 1 unspecified atom stereocenters. The Bertz CT molecular complexity index is 370. The molecule has 1 atom stereocenters. The van der Waals surface area contributed by atoms with Crippen LogP contribution < -0.4 is 0 Å². The van der Waals surface area contributed by atoms with Crippen molar-refractivity contribution < 1.29 is 14.6 Å². The van der Waals surface area contributed by atoms with E-state index in [2.05, 4.69) is 0 Å². The fourth-order valence-electron chi connectivity index (χ4n) is 1.93. The molecule has 0 spiro atoms. The molecule has 0 bridgehead atoms. The number of aliphatic hydroxyl groups is 1. The minimum atomic E-state index is -0.395. The number of carbonyl (C=O) groups excluding carboxylic acids is 1. The van der Waals surface area contributed by atoms with E-state index in [0.29, 0.717) is 11.5 Å². The van der Waals surface area contributed by atoms with Gasteiger partial charge in [-0.25, -0.2) is 4.79 Å². The molecular weight excluding hydrogens is 212 g/mol. The molecule has 1 aromatic rings. The first kappa shape index (κ1) is 10.6. The molecule has 0 aromatic carbocycles. The van der Waals surface area contributed by atoms with Crippen LogP contribution in [0.5, 0.6) is 0 Å². The third kappa shape index (κ3) is 1.92. The summed E-state index contributed by atoms with van der Waals surface area (Å²) in [4.78, 5) is 12.3. The third-order valence-corrected chi connectivity index (χ3v) is 3.67. The quantitative estimate of drug-likeness (QED) is 0.787. The van der Waals surface area contributed by atoms with Crippen LogP contribution in [0, 0.1) is 0 Å². The van der Waals surface area contributed by atoms with Crippen molar-refractivity contribution in [1.29, 1.82) is 0 Å². The first-order chi connectivity index (χ1) is 7.24. The van der Waals surface area contributed by atoms with E-state index in [1.54, 1.807) is 6.92 Å². The number of hydrogen-bond donors (Lipinski definition) is 1. The standard InChI is InChI=1S/C11H14O3S/c1-2-14-11(13)10-7-4-3-5-9(12)8(7)6-15-10/h6,9,12H,2-5H2,1H3. The SMILES string of the molecule is CCOC(=O)c1scc2c1CCCC2O. The second-order valence-corrected chi connectivity index (χ2v) is 4.51. The molecule has 1 aliphatic rings. The van der Waals surface area contributed by atoms with E-state index in [9.17, 15) is 9.90 Å². The second-order valence-electron chi connectivity index (χ2n) is 3.63. The van der Waals surface area contributed by atoms with Crippen molar-refractivity contribution in [3.63, 3.8) is 0 Å². The fourth-order valence-corrected chi connectivity index (χ4v) is 2.99. The van der Waals surface area contributed by atoms with Crippen molar-refractivity contribution in [3.05, 3.63) is 21.4 Å². The number of esters is 1. The van der Waals surface area contributed by atoms with Gasteiger partial charge in [-0.2, -0.15) is 0 Å². The van der Waals surface area contributed by atoms with Crippen molar-refractivity contribution in [2.45, 2.75) is 32.3 Å². The molecule has 0 saturated heterocycles. The summed E-state index contributed by atoms with van der Waals surface area (Å²) in [6.07, 6.45) is 2.22. The smallest absolute Gasteiger partial charge is 0.348 e. The lowest BCUT2D eigenvalue weighted by atomic mass is 9.91. The van der Waals surface area contributed by atoms with Gasteiger partial charge in [-0.15, -0.1) is 11.3 Å². The van der Waals surface area contributed by atoms with Crippen LogP contribution in [0.2, 0.25) is 0 Å². The Kier molecular flexibility index (Phi) is 3.07. The maximum absolute atomic E-state index is 11.6. The van der Waals surface area contributed by atoms with Crippen LogP contribution >= 0.6 is 11.3 Å². The zero-order valence-electron chi connectivity index (χ0n) is 8.66. The number of hydrogen-bond acceptors (Lipinski definition) is 4. The number of carbonyl (C=O) groups is 1. The summed E-state index contributed by atoms with van der Waals surface area (Å²) in [5, 5.41) is 11.6. The van der Waals surface area contributed by atoms with E-state index < -0.39 is 6.10 Å². The van der Waals surface area contributed by atoms with Crippen molar-refractivity contribution in [2.24, 2.45) is 0 Å². The Morgan fingerprint density at radius 3 is 3.27 bits per heavy atom. The summed E-state index contributed by atoms with van der Waals surface area (Å²) in [7, 11) is 0. The number of rotatable bonds is 2. The van der Waals surface area contributed by atoms with Crippen LogP contribution in [0.4, 0.5) is 0 Å². The van der Waals surface area contributed by atoms with Crippen LogP contribution in [0.15, 0.2) is 5.38 Å². The predicted octanol–water partition coefficient (Wildman–Crippen LogP) is 2.29. The molecule has 0 saturated carbocycles. The van der Waals surface area contributed by atoms with Gasteiger partial charge in [-0.3, -0.25) is 0 Å². The van der Waals surface area contributed by atoms with E-state index >= 15 is 0 Å². The Hall–Kier alpha value is -0.870. The maximum atomic E-state index is 11.6. The van der Waals surface area contributed by atoms with E-state index in [4.69, 9.17) is 4.74 Å². The van der Waals surface area contributed by atoms with Crippen LogP contribution in [0.25, 0.3) is 0 Å². The van der Waals surface area contributed by atoms with Crippen molar-refractivity contribution in [2.75, 3.05) is 6.61 Å². The average Bonchev–Trinajstić information content (AvgIpc) is 2.63. The minimum absolute atomic E-state index is 0.252. The van der Waals surface area contributed by atoms with E-state index in [0.717, 1.165) is 30.4 Å². The highest BCUT2D eigenvalue weighted by atomic mass is 32.1. The largest absolute Gasteiger partial charge is 0.462 e. The molecule has 1 heterocycles. The summed E-state index contributed by atoms with van der Waals surface area (Å²) in [6, 6.07) is 0. The number of fused-ring (bicyclic) bond motifs is 1. The van der Waals surface area contributed by atoms with Gasteiger partial charge in [0.25, 0.3) is 0 Å². The first-order valence-corrected chi connectivity index (χ1v) is 6.07.